The predicted molar refractivity (Wildman–Crippen MR) is 71.6 cm³/mol. The van der Waals surface area contributed by atoms with Crippen LogP contribution >= 0.6 is 0 Å². The van der Waals surface area contributed by atoms with Gasteiger partial charge >= 0.3 is 0 Å². The summed E-state index contributed by atoms with van der Waals surface area (Å²) in [5.41, 5.74) is 2.76. The van der Waals surface area contributed by atoms with E-state index in [4.69, 9.17) is 0 Å². The monoisotopic (exact) mass is 258 g/mol. The zero-order valence-electron chi connectivity index (χ0n) is 11.1. The van der Waals surface area contributed by atoms with Gasteiger partial charge in [0.05, 0.1) is 17.6 Å². The van der Waals surface area contributed by atoms with E-state index in [2.05, 4.69) is 15.3 Å². The van der Waals surface area contributed by atoms with Crippen molar-refractivity contribution in [2.24, 2.45) is 13.0 Å². The SMILES string of the molecule is Cn1nnc(-c2ccc(O)cn2)c1CC1CCCC1. The number of aromatic nitrogens is 4. The van der Waals surface area contributed by atoms with Crippen LogP contribution in [0.1, 0.15) is 31.4 Å². The van der Waals surface area contributed by atoms with Crippen molar-refractivity contribution in [1.29, 1.82) is 0 Å². The molecule has 1 saturated carbocycles. The van der Waals surface area contributed by atoms with Gasteiger partial charge in [0.1, 0.15) is 11.4 Å². The fraction of sp³-hybridized carbons (Fsp3) is 0.500. The summed E-state index contributed by atoms with van der Waals surface area (Å²) in [5.74, 6) is 0.915. The highest BCUT2D eigenvalue weighted by Crippen LogP contribution is 2.30. The summed E-state index contributed by atoms with van der Waals surface area (Å²) < 4.78 is 1.85. The van der Waals surface area contributed by atoms with Crippen molar-refractivity contribution in [2.75, 3.05) is 0 Å². The highest BCUT2D eigenvalue weighted by Gasteiger charge is 2.21. The maximum Gasteiger partial charge on any atom is 0.134 e. The largest absolute Gasteiger partial charge is 0.506 e. The lowest BCUT2D eigenvalue weighted by Gasteiger charge is -2.10. The minimum atomic E-state index is 0.171. The molecular weight excluding hydrogens is 240 g/mol. The number of hydrogen-bond acceptors (Lipinski definition) is 4. The van der Waals surface area contributed by atoms with Gasteiger partial charge in [0.2, 0.25) is 0 Å². The van der Waals surface area contributed by atoms with Gasteiger partial charge < -0.3 is 5.11 Å². The Hall–Kier alpha value is -1.91. The first-order valence-corrected chi connectivity index (χ1v) is 6.78. The van der Waals surface area contributed by atoms with E-state index >= 15 is 0 Å². The Morgan fingerprint density at radius 1 is 1.32 bits per heavy atom. The van der Waals surface area contributed by atoms with Crippen molar-refractivity contribution >= 4 is 0 Å². The summed E-state index contributed by atoms with van der Waals surface area (Å²) in [6, 6.07) is 3.42. The van der Waals surface area contributed by atoms with E-state index in [-0.39, 0.29) is 5.75 Å². The Balaban J connectivity index is 1.91. The van der Waals surface area contributed by atoms with Crippen LogP contribution in [0.4, 0.5) is 0 Å². The number of hydrogen-bond donors (Lipinski definition) is 1. The number of rotatable bonds is 3. The zero-order chi connectivity index (χ0) is 13.2. The normalized spacial score (nSPS) is 16.1. The maximum absolute atomic E-state index is 9.30. The first kappa shape index (κ1) is 12.1. The third kappa shape index (κ3) is 2.45. The molecule has 0 saturated heterocycles. The molecule has 2 heterocycles. The van der Waals surface area contributed by atoms with Gasteiger partial charge in [-0.1, -0.05) is 30.9 Å². The third-order valence-electron chi connectivity index (χ3n) is 3.89. The molecule has 1 fully saturated rings. The van der Waals surface area contributed by atoms with E-state index in [0.29, 0.717) is 0 Å². The standard InChI is InChI=1S/C14H18N4O/c1-18-13(8-10-4-2-3-5-10)14(16-17-18)12-7-6-11(19)9-15-12/h6-7,9-10,19H,2-5,8H2,1H3. The molecule has 1 aliphatic rings. The van der Waals surface area contributed by atoms with Gasteiger partial charge in [-0.2, -0.15) is 0 Å². The molecule has 1 N–H and O–H groups in total. The molecule has 19 heavy (non-hydrogen) atoms. The van der Waals surface area contributed by atoms with Crippen molar-refractivity contribution in [3.63, 3.8) is 0 Å². The lowest BCUT2D eigenvalue weighted by Crippen LogP contribution is -2.06. The summed E-state index contributed by atoms with van der Waals surface area (Å²) >= 11 is 0. The summed E-state index contributed by atoms with van der Waals surface area (Å²) in [7, 11) is 1.93. The topological polar surface area (TPSA) is 63.8 Å². The van der Waals surface area contributed by atoms with Crippen LogP contribution in [-0.4, -0.2) is 25.1 Å². The number of aromatic hydroxyl groups is 1. The minimum Gasteiger partial charge on any atom is -0.506 e. The van der Waals surface area contributed by atoms with Crippen LogP contribution in [0.3, 0.4) is 0 Å². The maximum atomic E-state index is 9.30. The summed E-state index contributed by atoms with van der Waals surface area (Å²) in [6.07, 6.45) is 7.73. The molecule has 0 amide bonds. The Morgan fingerprint density at radius 2 is 2.11 bits per heavy atom. The molecule has 0 bridgehead atoms. The number of nitrogens with zero attached hydrogens (tertiary/aromatic N) is 4. The number of pyridine rings is 1. The molecule has 0 atom stereocenters. The molecule has 0 aromatic carbocycles. The van der Waals surface area contributed by atoms with Gasteiger partial charge in [0.15, 0.2) is 0 Å². The van der Waals surface area contributed by atoms with Gasteiger partial charge in [-0.25, -0.2) is 0 Å². The molecule has 2 aromatic rings. The summed E-state index contributed by atoms with van der Waals surface area (Å²) in [6.45, 7) is 0. The van der Waals surface area contributed by atoms with Crippen LogP contribution < -0.4 is 0 Å². The summed E-state index contributed by atoms with van der Waals surface area (Å²) in [5, 5.41) is 17.7. The Morgan fingerprint density at radius 3 is 2.79 bits per heavy atom. The Labute approximate surface area is 112 Å². The molecule has 5 heteroatoms. The highest BCUT2D eigenvalue weighted by atomic mass is 16.3. The van der Waals surface area contributed by atoms with Crippen molar-refractivity contribution in [1.82, 2.24) is 20.0 Å². The Kier molecular flexibility index (Phi) is 3.19. The second-order valence-corrected chi connectivity index (χ2v) is 5.26. The number of aryl methyl sites for hydroxylation is 1. The summed E-state index contributed by atoms with van der Waals surface area (Å²) in [4.78, 5) is 4.23. The predicted octanol–water partition coefficient (Wildman–Crippen LogP) is 2.32. The van der Waals surface area contributed by atoms with Gasteiger partial charge in [-0.3, -0.25) is 9.67 Å². The quantitative estimate of drug-likeness (QED) is 0.917. The van der Waals surface area contributed by atoms with Crippen LogP contribution in [0.15, 0.2) is 18.3 Å². The molecule has 5 nitrogen and oxygen atoms in total. The first-order chi connectivity index (χ1) is 9.24. The van der Waals surface area contributed by atoms with E-state index in [9.17, 15) is 5.11 Å². The fourth-order valence-electron chi connectivity index (χ4n) is 2.82. The van der Waals surface area contributed by atoms with Crippen LogP contribution in [0.25, 0.3) is 11.4 Å². The van der Waals surface area contributed by atoms with Gasteiger partial charge in [0, 0.05) is 7.05 Å². The third-order valence-corrected chi connectivity index (χ3v) is 3.89. The van der Waals surface area contributed by atoms with Crippen molar-refractivity contribution in [2.45, 2.75) is 32.1 Å². The molecule has 3 rings (SSSR count). The lowest BCUT2D eigenvalue weighted by molar-refractivity contribution is 0.473. The van der Waals surface area contributed by atoms with E-state index in [0.717, 1.165) is 29.4 Å². The molecule has 2 aromatic heterocycles. The lowest BCUT2D eigenvalue weighted by atomic mass is 10.00. The zero-order valence-corrected chi connectivity index (χ0v) is 11.1. The van der Waals surface area contributed by atoms with Crippen LogP contribution in [0, 0.1) is 5.92 Å². The van der Waals surface area contributed by atoms with E-state index in [1.807, 2.05) is 11.7 Å². The highest BCUT2D eigenvalue weighted by molar-refractivity contribution is 5.57. The van der Waals surface area contributed by atoms with Crippen LogP contribution in [-0.2, 0) is 13.5 Å². The average molecular weight is 258 g/mol. The molecule has 0 spiro atoms. The van der Waals surface area contributed by atoms with Gasteiger partial charge in [-0.15, -0.1) is 5.10 Å². The van der Waals surface area contributed by atoms with Crippen LogP contribution in [0.2, 0.25) is 0 Å². The Bertz CT molecular complexity index is 555. The average Bonchev–Trinajstić information content (AvgIpc) is 3.03. The molecule has 0 aliphatic heterocycles. The smallest absolute Gasteiger partial charge is 0.134 e. The first-order valence-electron chi connectivity index (χ1n) is 6.78. The van der Waals surface area contributed by atoms with E-state index < -0.39 is 0 Å². The van der Waals surface area contributed by atoms with Crippen molar-refractivity contribution in [3.8, 4) is 17.1 Å². The van der Waals surface area contributed by atoms with Gasteiger partial charge in [0.25, 0.3) is 0 Å². The van der Waals surface area contributed by atoms with Crippen LogP contribution in [0.5, 0.6) is 5.75 Å². The molecule has 0 unspecified atom stereocenters. The van der Waals surface area contributed by atoms with E-state index in [1.54, 1.807) is 12.1 Å². The molecule has 0 radical (unpaired) electrons. The molecular formula is C14H18N4O. The second kappa shape index (κ2) is 4.99. The van der Waals surface area contributed by atoms with Gasteiger partial charge in [-0.05, 0) is 24.5 Å². The molecule has 100 valence electrons. The van der Waals surface area contributed by atoms with E-state index in [1.165, 1.54) is 31.9 Å². The minimum absolute atomic E-state index is 0.171. The second-order valence-electron chi connectivity index (χ2n) is 5.26. The van der Waals surface area contributed by atoms with Crippen molar-refractivity contribution < 1.29 is 5.11 Å². The van der Waals surface area contributed by atoms with Crippen molar-refractivity contribution in [3.05, 3.63) is 24.0 Å². The molecule has 1 aliphatic carbocycles. The fourth-order valence-corrected chi connectivity index (χ4v) is 2.82.